The molecular weight excluding hydrogens is 619 g/mol. The van der Waals surface area contributed by atoms with Crippen LogP contribution in [0.2, 0.25) is 0 Å². The van der Waals surface area contributed by atoms with Gasteiger partial charge in [-0.05, 0) is 58.7 Å². The van der Waals surface area contributed by atoms with Crippen molar-refractivity contribution in [2.75, 3.05) is 11.6 Å². The van der Waals surface area contributed by atoms with Crippen molar-refractivity contribution in [3.8, 4) is 33.8 Å². The molecule has 0 aliphatic rings. The molecule has 4 N–H and O–H groups in total. The average Bonchev–Trinajstić information content (AvgIpc) is 3.68. The highest BCUT2D eigenvalue weighted by Crippen LogP contribution is 2.33. The molecule has 0 aliphatic heterocycles. The Morgan fingerprint density at radius 1 is 0.851 bits per heavy atom. The summed E-state index contributed by atoms with van der Waals surface area (Å²) in [6, 6.07) is 21.6. The van der Waals surface area contributed by atoms with Gasteiger partial charge in [0.25, 0.3) is 0 Å². The van der Waals surface area contributed by atoms with E-state index in [0.29, 0.717) is 44.9 Å². The molecule has 0 bridgehead atoms. The second-order valence-corrected chi connectivity index (χ2v) is 12.9. The molecule has 1 amide bonds. The second kappa shape index (κ2) is 12.2. The number of aromatic nitrogens is 6. The van der Waals surface area contributed by atoms with Crippen molar-refractivity contribution in [1.29, 1.82) is 0 Å². The maximum absolute atomic E-state index is 14.6. The van der Waals surface area contributed by atoms with Crippen LogP contribution in [0.3, 0.4) is 0 Å². The fourth-order valence-corrected chi connectivity index (χ4v) is 5.83. The van der Waals surface area contributed by atoms with Crippen molar-refractivity contribution >= 4 is 43.6 Å². The first-order valence-corrected chi connectivity index (χ1v) is 16.4. The summed E-state index contributed by atoms with van der Waals surface area (Å²) < 4.78 is 40.2. The summed E-state index contributed by atoms with van der Waals surface area (Å²) in [5.41, 5.74) is 7.23. The number of aromatic amines is 2. The largest absolute Gasteiger partial charge is 0.335 e. The minimum atomic E-state index is -3.46. The van der Waals surface area contributed by atoms with Gasteiger partial charge in [0.15, 0.2) is 5.82 Å². The lowest BCUT2D eigenvalue weighted by Gasteiger charge is -2.08. The zero-order valence-electron chi connectivity index (χ0n) is 25.0. The van der Waals surface area contributed by atoms with E-state index in [-0.39, 0.29) is 18.9 Å². The molecular formula is C34H27FN8O3S. The SMILES string of the molecule is CS(=O)(=O)NCc1cc(F)cc(-c2cncc3[nH]c(-c4n[nH]c5ccc(-c6cncc(NC(=O)Cc7ccccc7)c6)cc45)nc23)c1. The second-order valence-electron chi connectivity index (χ2n) is 11.1. The molecule has 0 unspecified atom stereocenters. The third-order valence-corrected chi connectivity index (χ3v) is 8.22. The Bertz CT molecular complexity index is 2390. The van der Waals surface area contributed by atoms with E-state index in [9.17, 15) is 17.6 Å². The van der Waals surface area contributed by atoms with E-state index in [2.05, 4.69) is 35.2 Å². The molecule has 13 heteroatoms. The number of benzene rings is 3. The molecule has 0 aliphatic carbocycles. The fraction of sp³-hybridized carbons (Fsp3) is 0.0882. The van der Waals surface area contributed by atoms with Gasteiger partial charge in [-0.3, -0.25) is 19.9 Å². The van der Waals surface area contributed by atoms with E-state index >= 15 is 0 Å². The number of pyridine rings is 2. The number of rotatable bonds is 9. The van der Waals surface area contributed by atoms with Gasteiger partial charge in [0, 0.05) is 35.5 Å². The van der Waals surface area contributed by atoms with Crippen LogP contribution in [0.25, 0.3) is 55.7 Å². The molecule has 7 aromatic rings. The predicted molar refractivity (Wildman–Crippen MR) is 178 cm³/mol. The third-order valence-electron chi connectivity index (χ3n) is 7.55. The van der Waals surface area contributed by atoms with E-state index in [1.807, 2.05) is 54.6 Å². The predicted octanol–water partition coefficient (Wildman–Crippen LogP) is 5.60. The van der Waals surface area contributed by atoms with Crippen LogP contribution in [0.5, 0.6) is 0 Å². The van der Waals surface area contributed by atoms with Gasteiger partial charge in [-0.15, -0.1) is 0 Å². The number of nitrogens with zero attached hydrogens (tertiary/aromatic N) is 4. The number of imidazole rings is 1. The number of carbonyl (C=O) groups excluding carboxylic acids is 1. The summed E-state index contributed by atoms with van der Waals surface area (Å²) in [6.45, 7) is -0.0567. The van der Waals surface area contributed by atoms with Gasteiger partial charge in [-0.25, -0.2) is 22.5 Å². The molecule has 4 aromatic heterocycles. The lowest BCUT2D eigenvalue weighted by Crippen LogP contribution is -2.21. The van der Waals surface area contributed by atoms with Crippen LogP contribution < -0.4 is 10.0 Å². The summed E-state index contributed by atoms with van der Waals surface area (Å²) in [5, 5.41) is 11.3. The number of hydrogen-bond donors (Lipinski definition) is 4. The van der Waals surface area contributed by atoms with Crippen molar-refractivity contribution < 1.29 is 17.6 Å². The van der Waals surface area contributed by atoms with Gasteiger partial charge in [-0.2, -0.15) is 5.10 Å². The molecule has 0 spiro atoms. The van der Waals surface area contributed by atoms with E-state index in [4.69, 9.17) is 4.98 Å². The zero-order valence-corrected chi connectivity index (χ0v) is 25.8. The van der Waals surface area contributed by atoms with Crippen molar-refractivity contribution in [3.05, 3.63) is 115 Å². The minimum absolute atomic E-state index is 0.0567. The Balaban J connectivity index is 1.20. The van der Waals surface area contributed by atoms with Gasteiger partial charge in [0.05, 0.1) is 47.3 Å². The summed E-state index contributed by atoms with van der Waals surface area (Å²) in [4.78, 5) is 29.4. The standard InChI is InChI=1S/C34H27FN8O3S/c1-47(45,46)38-15-21-9-23(12-25(35)10-21)28-18-37-19-30-32(28)41-34(40-30)33-27-14-22(7-8-29(27)42-43-33)24-13-26(17-36-16-24)39-31(44)11-20-5-3-2-4-6-20/h2-10,12-14,16-19,38H,11,15H2,1H3,(H,39,44)(H,40,41)(H,42,43). The maximum Gasteiger partial charge on any atom is 0.228 e. The molecule has 0 fully saturated rings. The number of hydrogen-bond acceptors (Lipinski definition) is 7. The van der Waals surface area contributed by atoms with E-state index in [1.165, 1.54) is 12.1 Å². The quantitative estimate of drug-likeness (QED) is 0.159. The smallest absolute Gasteiger partial charge is 0.228 e. The molecule has 3 aromatic carbocycles. The van der Waals surface area contributed by atoms with Crippen LogP contribution in [-0.2, 0) is 27.8 Å². The van der Waals surface area contributed by atoms with Crippen LogP contribution in [0.15, 0.2) is 97.6 Å². The van der Waals surface area contributed by atoms with Crippen LogP contribution in [0, 0.1) is 5.82 Å². The van der Waals surface area contributed by atoms with Gasteiger partial charge in [-0.1, -0.05) is 36.4 Å². The van der Waals surface area contributed by atoms with Crippen molar-refractivity contribution in [2.45, 2.75) is 13.0 Å². The Morgan fingerprint density at radius 3 is 2.51 bits per heavy atom. The molecule has 4 heterocycles. The minimum Gasteiger partial charge on any atom is -0.335 e. The molecule has 0 radical (unpaired) electrons. The number of H-pyrrole nitrogens is 2. The molecule has 0 saturated carbocycles. The maximum atomic E-state index is 14.6. The Hall–Kier alpha value is -5.79. The Kier molecular flexibility index (Phi) is 7.75. The number of fused-ring (bicyclic) bond motifs is 2. The topological polar surface area (TPSA) is 158 Å². The Morgan fingerprint density at radius 2 is 1.68 bits per heavy atom. The first-order valence-electron chi connectivity index (χ1n) is 14.5. The molecule has 11 nitrogen and oxygen atoms in total. The number of amides is 1. The number of sulfonamides is 1. The van der Waals surface area contributed by atoms with Crippen molar-refractivity contribution in [3.63, 3.8) is 0 Å². The summed E-state index contributed by atoms with van der Waals surface area (Å²) in [7, 11) is -3.46. The highest BCUT2D eigenvalue weighted by molar-refractivity contribution is 7.88. The van der Waals surface area contributed by atoms with Gasteiger partial charge in [0.1, 0.15) is 11.5 Å². The number of anilines is 1. The van der Waals surface area contributed by atoms with Gasteiger partial charge < -0.3 is 10.3 Å². The highest BCUT2D eigenvalue weighted by atomic mass is 32.2. The van der Waals surface area contributed by atoms with Gasteiger partial charge in [0.2, 0.25) is 15.9 Å². The third kappa shape index (κ3) is 6.61. The number of halogens is 1. The number of nitrogens with one attached hydrogen (secondary N) is 4. The lowest BCUT2D eigenvalue weighted by atomic mass is 10.0. The molecule has 47 heavy (non-hydrogen) atoms. The molecule has 0 atom stereocenters. The highest BCUT2D eigenvalue weighted by Gasteiger charge is 2.17. The first-order chi connectivity index (χ1) is 22.7. The van der Waals surface area contributed by atoms with E-state index in [1.54, 1.807) is 30.9 Å². The monoisotopic (exact) mass is 646 g/mol. The van der Waals surface area contributed by atoms with Gasteiger partial charge >= 0.3 is 0 Å². The summed E-state index contributed by atoms with van der Waals surface area (Å²) >= 11 is 0. The summed E-state index contributed by atoms with van der Waals surface area (Å²) in [5.74, 6) is -0.171. The first kappa shape index (κ1) is 29.9. The molecule has 7 rings (SSSR count). The van der Waals surface area contributed by atoms with E-state index in [0.717, 1.165) is 33.8 Å². The average molecular weight is 647 g/mol. The number of carbonyl (C=O) groups is 1. The normalized spacial score (nSPS) is 11.7. The molecule has 234 valence electrons. The van der Waals surface area contributed by atoms with Crippen LogP contribution >= 0.6 is 0 Å². The van der Waals surface area contributed by atoms with Crippen LogP contribution in [-0.4, -0.2) is 50.7 Å². The fourth-order valence-electron chi connectivity index (χ4n) is 5.41. The van der Waals surface area contributed by atoms with Crippen molar-refractivity contribution in [1.82, 2.24) is 34.9 Å². The van der Waals surface area contributed by atoms with E-state index < -0.39 is 15.8 Å². The summed E-state index contributed by atoms with van der Waals surface area (Å²) in [6.07, 6.45) is 7.86. The van der Waals surface area contributed by atoms with Crippen LogP contribution in [0.1, 0.15) is 11.1 Å². The van der Waals surface area contributed by atoms with Crippen LogP contribution in [0.4, 0.5) is 10.1 Å². The lowest BCUT2D eigenvalue weighted by molar-refractivity contribution is -0.115. The zero-order chi connectivity index (χ0) is 32.5. The molecule has 0 saturated heterocycles. The van der Waals surface area contributed by atoms with Crippen molar-refractivity contribution in [2.24, 2.45) is 0 Å². The Labute approximate surface area is 268 Å².